The van der Waals surface area contributed by atoms with Gasteiger partial charge in [-0.3, -0.25) is 4.79 Å². The van der Waals surface area contributed by atoms with E-state index >= 15 is 0 Å². The van der Waals surface area contributed by atoms with Gasteiger partial charge < -0.3 is 15.5 Å². The zero-order valence-electron chi connectivity index (χ0n) is 10.2. The maximum atomic E-state index is 11.4. The lowest BCUT2D eigenvalue weighted by Crippen LogP contribution is -2.44. The molecule has 2 heterocycles. The van der Waals surface area contributed by atoms with Crippen LogP contribution in [0.4, 0.5) is 11.4 Å². The zero-order valence-corrected chi connectivity index (χ0v) is 12.0. The Morgan fingerprint density at radius 3 is 2.67 bits per heavy atom. The van der Waals surface area contributed by atoms with Crippen LogP contribution in [0.5, 0.6) is 0 Å². The van der Waals surface area contributed by atoms with E-state index < -0.39 is 0 Å². The van der Waals surface area contributed by atoms with E-state index in [9.17, 15) is 4.79 Å². The lowest BCUT2D eigenvalue weighted by molar-refractivity contribution is -0.116. The van der Waals surface area contributed by atoms with Crippen molar-refractivity contribution in [2.75, 3.05) is 36.4 Å². The number of benzene rings is 1. The quantitative estimate of drug-likeness (QED) is 0.827. The molecule has 1 aromatic carbocycles. The second-order valence-corrected chi connectivity index (χ2v) is 4.59. The molecule has 1 fully saturated rings. The molecule has 0 aliphatic carbocycles. The number of rotatable bonds is 1. The van der Waals surface area contributed by atoms with Gasteiger partial charge in [-0.25, -0.2) is 0 Å². The van der Waals surface area contributed by atoms with Gasteiger partial charge >= 0.3 is 0 Å². The summed E-state index contributed by atoms with van der Waals surface area (Å²) in [5.41, 5.74) is 3.59. The van der Waals surface area contributed by atoms with Crippen molar-refractivity contribution in [1.29, 1.82) is 0 Å². The summed E-state index contributed by atoms with van der Waals surface area (Å²) >= 11 is 0. The Bertz CT molecular complexity index is 444. The SMILES string of the molecule is Br.O=C1CCc2c(cccc2N2CCNCC2)N1. The number of carbonyl (C=O) groups excluding carboxylic acids is 1. The van der Waals surface area contributed by atoms with Crippen LogP contribution >= 0.6 is 17.0 Å². The third-order valence-corrected chi connectivity index (χ3v) is 3.49. The van der Waals surface area contributed by atoms with Crippen molar-refractivity contribution in [2.24, 2.45) is 0 Å². The lowest BCUT2D eigenvalue weighted by Gasteiger charge is -2.32. The highest BCUT2D eigenvalue weighted by molar-refractivity contribution is 8.93. The summed E-state index contributed by atoms with van der Waals surface area (Å²) in [4.78, 5) is 13.8. The van der Waals surface area contributed by atoms with Crippen molar-refractivity contribution in [1.82, 2.24) is 5.32 Å². The third kappa shape index (κ3) is 2.52. The molecule has 0 spiro atoms. The molecule has 0 unspecified atom stereocenters. The highest BCUT2D eigenvalue weighted by Gasteiger charge is 2.21. The zero-order chi connectivity index (χ0) is 11.7. The van der Waals surface area contributed by atoms with Crippen molar-refractivity contribution in [3.05, 3.63) is 23.8 Å². The van der Waals surface area contributed by atoms with Crippen LogP contribution in [0.3, 0.4) is 0 Å². The van der Waals surface area contributed by atoms with Crippen molar-refractivity contribution in [3.63, 3.8) is 0 Å². The average Bonchev–Trinajstić information content (AvgIpc) is 2.39. The molecule has 2 aliphatic heterocycles. The van der Waals surface area contributed by atoms with Crippen LogP contribution in [0.2, 0.25) is 0 Å². The number of nitrogens with one attached hydrogen (secondary N) is 2. The Balaban J connectivity index is 0.00000120. The lowest BCUT2D eigenvalue weighted by atomic mass is 10.00. The summed E-state index contributed by atoms with van der Waals surface area (Å²) < 4.78 is 0. The first-order chi connectivity index (χ1) is 8.34. The van der Waals surface area contributed by atoms with Crippen molar-refractivity contribution in [3.8, 4) is 0 Å². The van der Waals surface area contributed by atoms with Crippen molar-refractivity contribution in [2.45, 2.75) is 12.8 Å². The van der Waals surface area contributed by atoms with Crippen molar-refractivity contribution < 1.29 is 4.79 Å². The fourth-order valence-electron chi connectivity index (χ4n) is 2.61. The van der Waals surface area contributed by atoms with E-state index in [1.165, 1.54) is 11.3 Å². The molecule has 1 saturated heterocycles. The predicted molar refractivity (Wildman–Crippen MR) is 78.8 cm³/mol. The monoisotopic (exact) mass is 311 g/mol. The standard InChI is InChI=1S/C13H17N3O.BrH/c17-13-5-4-10-11(15-13)2-1-3-12(10)16-8-6-14-7-9-16;/h1-3,14H,4-9H2,(H,15,17);1H. The normalized spacial score (nSPS) is 18.7. The van der Waals surface area contributed by atoms with Crippen LogP contribution in [0, 0.1) is 0 Å². The fraction of sp³-hybridized carbons (Fsp3) is 0.462. The summed E-state index contributed by atoms with van der Waals surface area (Å²) in [6.07, 6.45) is 1.47. The van der Waals surface area contributed by atoms with Gasteiger partial charge in [0.25, 0.3) is 0 Å². The Hall–Kier alpha value is -1.07. The highest BCUT2D eigenvalue weighted by atomic mass is 79.9. The molecule has 0 radical (unpaired) electrons. The number of hydrogen-bond acceptors (Lipinski definition) is 3. The number of nitrogens with zero attached hydrogens (tertiary/aromatic N) is 1. The number of halogens is 1. The summed E-state index contributed by atoms with van der Waals surface area (Å²) in [6, 6.07) is 6.20. The second-order valence-electron chi connectivity index (χ2n) is 4.59. The number of piperazine rings is 1. The van der Waals surface area contributed by atoms with Crippen LogP contribution in [0.15, 0.2) is 18.2 Å². The number of hydrogen-bond donors (Lipinski definition) is 2. The van der Waals surface area contributed by atoms with Gasteiger partial charge in [0.05, 0.1) is 0 Å². The van der Waals surface area contributed by atoms with Crippen LogP contribution < -0.4 is 15.5 Å². The van der Waals surface area contributed by atoms with E-state index in [1.807, 2.05) is 12.1 Å². The topological polar surface area (TPSA) is 44.4 Å². The summed E-state index contributed by atoms with van der Waals surface area (Å²) in [5, 5.41) is 6.32. The summed E-state index contributed by atoms with van der Waals surface area (Å²) in [5.74, 6) is 0.134. The Morgan fingerprint density at radius 2 is 1.89 bits per heavy atom. The van der Waals surface area contributed by atoms with Gasteiger partial charge in [0.2, 0.25) is 5.91 Å². The van der Waals surface area contributed by atoms with Gasteiger partial charge in [-0.2, -0.15) is 0 Å². The van der Waals surface area contributed by atoms with Crippen LogP contribution in [-0.4, -0.2) is 32.1 Å². The maximum absolute atomic E-state index is 11.4. The molecule has 0 atom stereocenters. The average molecular weight is 312 g/mol. The molecular formula is C13H18BrN3O. The van der Waals surface area contributed by atoms with E-state index in [1.54, 1.807) is 0 Å². The molecule has 18 heavy (non-hydrogen) atoms. The number of carbonyl (C=O) groups is 1. The molecule has 1 amide bonds. The summed E-state index contributed by atoms with van der Waals surface area (Å²) in [7, 11) is 0. The van der Waals surface area contributed by atoms with E-state index in [0.29, 0.717) is 6.42 Å². The summed E-state index contributed by atoms with van der Waals surface area (Å²) in [6.45, 7) is 4.17. The van der Waals surface area contributed by atoms with Gasteiger partial charge in [0, 0.05) is 44.0 Å². The number of fused-ring (bicyclic) bond motifs is 1. The molecular weight excluding hydrogens is 294 g/mol. The molecule has 2 N–H and O–H groups in total. The number of amides is 1. The maximum Gasteiger partial charge on any atom is 0.224 e. The third-order valence-electron chi connectivity index (χ3n) is 3.49. The minimum Gasteiger partial charge on any atom is -0.369 e. The van der Waals surface area contributed by atoms with Gasteiger partial charge in [0.15, 0.2) is 0 Å². The first-order valence-corrected chi connectivity index (χ1v) is 6.22. The minimum atomic E-state index is 0. The van der Waals surface area contributed by atoms with E-state index in [4.69, 9.17) is 0 Å². The van der Waals surface area contributed by atoms with Crippen LogP contribution in [-0.2, 0) is 11.2 Å². The fourth-order valence-corrected chi connectivity index (χ4v) is 2.61. The van der Waals surface area contributed by atoms with E-state index in [0.717, 1.165) is 38.3 Å². The van der Waals surface area contributed by atoms with Crippen LogP contribution in [0.1, 0.15) is 12.0 Å². The molecule has 98 valence electrons. The number of anilines is 2. The minimum absolute atomic E-state index is 0. The smallest absolute Gasteiger partial charge is 0.224 e. The first kappa shape index (κ1) is 13.4. The molecule has 0 saturated carbocycles. The molecule has 2 aliphatic rings. The van der Waals surface area contributed by atoms with E-state index in [2.05, 4.69) is 21.6 Å². The molecule has 0 bridgehead atoms. The van der Waals surface area contributed by atoms with Gasteiger partial charge in [-0.15, -0.1) is 17.0 Å². The largest absolute Gasteiger partial charge is 0.369 e. The molecule has 5 heteroatoms. The second kappa shape index (κ2) is 5.71. The molecule has 1 aromatic rings. The highest BCUT2D eigenvalue weighted by Crippen LogP contribution is 2.31. The molecule has 4 nitrogen and oxygen atoms in total. The molecule has 3 rings (SSSR count). The van der Waals surface area contributed by atoms with Crippen LogP contribution in [0.25, 0.3) is 0 Å². The predicted octanol–water partition coefficient (Wildman–Crippen LogP) is 1.56. The Kier molecular flexibility index (Phi) is 4.24. The van der Waals surface area contributed by atoms with Gasteiger partial charge in [-0.05, 0) is 24.1 Å². The first-order valence-electron chi connectivity index (χ1n) is 6.22. The molecule has 0 aromatic heterocycles. The van der Waals surface area contributed by atoms with Gasteiger partial charge in [-0.1, -0.05) is 6.07 Å². The Morgan fingerprint density at radius 1 is 1.11 bits per heavy atom. The van der Waals surface area contributed by atoms with Gasteiger partial charge in [0.1, 0.15) is 0 Å². The van der Waals surface area contributed by atoms with E-state index in [-0.39, 0.29) is 22.9 Å². The van der Waals surface area contributed by atoms with Crippen molar-refractivity contribution >= 4 is 34.3 Å². The Labute approximate surface area is 118 Å².